The number of hydrogen-bond acceptors (Lipinski definition) is 3. The van der Waals surface area contributed by atoms with Gasteiger partial charge < -0.3 is 4.74 Å². The van der Waals surface area contributed by atoms with Crippen molar-refractivity contribution in [2.45, 2.75) is 39.7 Å². The number of aryl methyl sites for hydroxylation is 1. The molecule has 0 saturated carbocycles. The third-order valence-electron chi connectivity index (χ3n) is 2.77. The van der Waals surface area contributed by atoms with E-state index < -0.39 is 0 Å². The first-order valence-corrected chi connectivity index (χ1v) is 6.91. The smallest absolute Gasteiger partial charge is 0.124 e. The van der Waals surface area contributed by atoms with Gasteiger partial charge in [0, 0.05) is 6.20 Å². The topological polar surface area (TPSA) is 22.1 Å². The Morgan fingerprint density at radius 1 is 1.17 bits per heavy atom. The first kappa shape index (κ1) is 13.1. The summed E-state index contributed by atoms with van der Waals surface area (Å²) in [5.41, 5.74) is 1.51. The van der Waals surface area contributed by atoms with E-state index >= 15 is 0 Å². The zero-order valence-electron chi connectivity index (χ0n) is 11.4. The van der Waals surface area contributed by atoms with E-state index in [4.69, 9.17) is 4.74 Å². The monoisotopic (exact) mass is 261 g/mol. The van der Waals surface area contributed by atoms with Crippen LogP contribution in [-0.4, -0.2) is 4.98 Å². The molecule has 0 spiro atoms. The Labute approximate surface area is 113 Å². The van der Waals surface area contributed by atoms with Crippen molar-refractivity contribution in [3.05, 3.63) is 45.9 Å². The number of rotatable bonds is 3. The number of hydrogen-bond donors (Lipinski definition) is 0. The van der Waals surface area contributed by atoms with Crippen LogP contribution in [0.1, 0.15) is 36.2 Å². The van der Waals surface area contributed by atoms with Gasteiger partial charge in [0.1, 0.15) is 12.4 Å². The first-order chi connectivity index (χ1) is 8.45. The second-order valence-corrected chi connectivity index (χ2v) is 6.73. The Morgan fingerprint density at radius 2 is 1.83 bits per heavy atom. The molecule has 2 nitrogen and oxygen atoms in total. The van der Waals surface area contributed by atoms with Crippen LogP contribution in [-0.2, 0) is 12.0 Å². The molecule has 0 fully saturated rings. The van der Waals surface area contributed by atoms with Crippen LogP contribution < -0.4 is 4.74 Å². The van der Waals surface area contributed by atoms with Crippen LogP contribution in [0.3, 0.4) is 0 Å². The van der Waals surface area contributed by atoms with Crippen molar-refractivity contribution >= 4 is 11.3 Å². The molecule has 0 amide bonds. The van der Waals surface area contributed by atoms with Gasteiger partial charge in [-0.15, -0.1) is 11.3 Å². The molecule has 0 aliphatic heterocycles. The molecular formula is C15H19NOS. The van der Waals surface area contributed by atoms with Gasteiger partial charge in [-0.05, 0) is 30.0 Å². The molecule has 0 unspecified atom stereocenters. The van der Waals surface area contributed by atoms with Gasteiger partial charge in [-0.25, -0.2) is 4.98 Å². The molecule has 0 aliphatic rings. The van der Waals surface area contributed by atoms with Crippen LogP contribution in [0.25, 0.3) is 0 Å². The number of ether oxygens (including phenoxy) is 1. The van der Waals surface area contributed by atoms with Crippen molar-refractivity contribution in [1.82, 2.24) is 4.98 Å². The molecule has 0 bridgehead atoms. The van der Waals surface area contributed by atoms with E-state index in [0.29, 0.717) is 6.61 Å². The van der Waals surface area contributed by atoms with Gasteiger partial charge in [0.25, 0.3) is 0 Å². The highest BCUT2D eigenvalue weighted by Crippen LogP contribution is 2.24. The maximum absolute atomic E-state index is 5.74. The van der Waals surface area contributed by atoms with E-state index in [1.54, 1.807) is 11.3 Å². The lowest BCUT2D eigenvalue weighted by atomic mass is 9.87. The van der Waals surface area contributed by atoms with Gasteiger partial charge in [-0.2, -0.15) is 0 Å². The molecule has 3 heteroatoms. The highest BCUT2D eigenvalue weighted by atomic mass is 32.1. The molecule has 96 valence electrons. The summed E-state index contributed by atoms with van der Waals surface area (Å²) >= 11 is 1.68. The predicted octanol–water partition coefficient (Wildman–Crippen LogP) is 4.33. The summed E-state index contributed by atoms with van der Waals surface area (Å²) in [4.78, 5) is 5.37. The van der Waals surface area contributed by atoms with Gasteiger partial charge in [0.2, 0.25) is 0 Å². The summed E-state index contributed by atoms with van der Waals surface area (Å²) in [7, 11) is 0. The minimum atomic E-state index is 0.188. The Kier molecular flexibility index (Phi) is 3.71. The van der Waals surface area contributed by atoms with Crippen molar-refractivity contribution in [2.75, 3.05) is 0 Å². The van der Waals surface area contributed by atoms with Crippen molar-refractivity contribution in [3.63, 3.8) is 0 Å². The lowest BCUT2D eigenvalue weighted by molar-refractivity contribution is 0.309. The van der Waals surface area contributed by atoms with Gasteiger partial charge in [-0.3, -0.25) is 0 Å². The number of benzene rings is 1. The normalized spacial score (nSPS) is 11.6. The van der Waals surface area contributed by atoms with E-state index in [-0.39, 0.29) is 5.41 Å². The third-order valence-corrected chi connectivity index (χ3v) is 3.66. The quantitative estimate of drug-likeness (QED) is 0.820. The van der Waals surface area contributed by atoms with Crippen LogP contribution in [0.15, 0.2) is 30.5 Å². The van der Waals surface area contributed by atoms with Crippen LogP contribution in [0.2, 0.25) is 0 Å². The maximum atomic E-state index is 5.74. The van der Waals surface area contributed by atoms with E-state index in [2.05, 4.69) is 37.9 Å². The highest BCUT2D eigenvalue weighted by molar-refractivity contribution is 7.11. The van der Waals surface area contributed by atoms with E-state index in [1.165, 1.54) is 5.56 Å². The summed E-state index contributed by atoms with van der Waals surface area (Å²) in [6.07, 6.45) is 1.88. The largest absolute Gasteiger partial charge is 0.488 e. The van der Waals surface area contributed by atoms with Gasteiger partial charge in [-0.1, -0.05) is 32.9 Å². The maximum Gasteiger partial charge on any atom is 0.124 e. The van der Waals surface area contributed by atoms with Crippen molar-refractivity contribution in [2.24, 2.45) is 0 Å². The third kappa shape index (κ3) is 3.33. The Balaban J connectivity index is 1.98. The summed E-state index contributed by atoms with van der Waals surface area (Å²) in [5.74, 6) is 0.911. The molecular weight excluding hydrogens is 242 g/mol. The molecule has 0 saturated heterocycles. The SMILES string of the molecule is Cc1ncc(COc2ccc(C(C)(C)C)cc2)s1. The average Bonchev–Trinajstić information content (AvgIpc) is 2.72. The highest BCUT2D eigenvalue weighted by Gasteiger charge is 2.12. The van der Waals surface area contributed by atoms with E-state index in [0.717, 1.165) is 15.6 Å². The fourth-order valence-corrected chi connectivity index (χ4v) is 2.39. The standard InChI is InChI=1S/C15H19NOS/c1-11-16-9-14(18-11)10-17-13-7-5-12(6-8-13)15(2,3)4/h5-9H,10H2,1-4H3. The predicted molar refractivity (Wildman–Crippen MR) is 76.3 cm³/mol. The van der Waals surface area contributed by atoms with Crippen LogP contribution in [0.4, 0.5) is 0 Å². The summed E-state index contributed by atoms with van der Waals surface area (Å²) in [6, 6.07) is 8.34. The Bertz CT molecular complexity index is 508. The Morgan fingerprint density at radius 3 is 2.33 bits per heavy atom. The second-order valence-electron chi connectivity index (χ2n) is 5.41. The minimum absolute atomic E-state index is 0.188. The summed E-state index contributed by atoms with van der Waals surface area (Å²) in [5, 5.41) is 1.08. The Hall–Kier alpha value is -1.35. The fourth-order valence-electron chi connectivity index (χ4n) is 1.68. The van der Waals surface area contributed by atoms with E-state index in [1.807, 2.05) is 25.3 Å². The summed E-state index contributed by atoms with van der Waals surface area (Å²) in [6.45, 7) is 9.24. The van der Waals surface area contributed by atoms with Crippen molar-refractivity contribution in [1.29, 1.82) is 0 Å². The zero-order valence-corrected chi connectivity index (χ0v) is 12.2. The van der Waals surface area contributed by atoms with Crippen LogP contribution in [0, 0.1) is 6.92 Å². The molecule has 2 rings (SSSR count). The molecule has 1 aromatic carbocycles. The van der Waals surface area contributed by atoms with Gasteiger partial charge in [0.15, 0.2) is 0 Å². The molecule has 0 atom stereocenters. The van der Waals surface area contributed by atoms with Crippen LogP contribution in [0.5, 0.6) is 5.75 Å². The van der Waals surface area contributed by atoms with Crippen molar-refractivity contribution < 1.29 is 4.74 Å². The minimum Gasteiger partial charge on any atom is -0.488 e. The molecule has 0 radical (unpaired) electrons. The molecule has 1 heterocycles. The molecule has 2 aromatic rings. The lowest BCUT2D eigenvalue weighted by Gasteiger charge is -2.19. The van der Waals surface area contributed by atoms with Crippen LogP contribution >= 0.6 is 11.3 Å². The first-order valence-electron chi connectivity index (χ1n) is 6.10. The molecule has 0 aliphatic carbocycles. The van der Waals surface area contributed by atoms with E-state index in [9.17, 15) is 0 Å². The van der Waals surface area contributed by atoms with Gasteiger partial charge in [0.05, 0.1) is 9.88 Å². The number of thiazole rings is 1. The van der Waals surface area contributed by atoms with Crippen molar-refractivity contribution in [3.8, 4) is 5.75 Å². The molecule has 18 heavy (non-hydrogen) atoms. The second kappa shape index (κ2) is 5.11. The number of nitrogens with zero attached hydrogens (tertiary/aromatic N) is 1. The molecule has 1 aromatic heterocycles. The average molecular weight is 261 g/mol. The fraction of sp³-hybridized carbons (Fsp3) is 0.400. The summed E-state index contributed by atoms with van der Waals surface area (Å²) < 4.78 is 5.74. The number of aromatic nitrogens is 1. The zero-order chi connectivity index (χ0) is 13.2. The van der Waals surface area contributed by atoms with Gasteiger partial charge >= 0.3 is 0 Å². The lowest BCUT2D eigenvalue weighted by Crippen LogP contribution is -2.10. The molecule has 0 N–H and O–H groups in total.